The summed E-state index contributed by atoms with van der Waals surface area (Å²) >= 11 is 3.24. The number of H-pyrrole nitrogens is 1. The minimum Gasteiger partial charge on any atom is -0.477 e. The number of hydrogen-bond donors (Lipinski definition) is 2. The van der Waals surface area contributed by atoms with E-state index in [4.69, 9.17) is 5.11 Å². The summed E-state index contributed by atoms with van der Waals surface area (Å²) in [5.74, 6) is -1.51. The monoisotopic (exact) mass is 271 g/mol. The van der Waals surface area contributed by atoms with Crippen molar-refractivity contribution in [3.8, 4) is 0 Å². The average Bonchev–Trinajstić information content (AvgIpc) is 2.51. The van der Waals surface area contributed by atoms with Crippen LogP contribution < -0.4 is 0 Å². The first-order valence-corrected chi connectivity index (χ1v) is 5.01. The zero-order valence-corrected chi connectivity index (χ0v) is 9.35. The number of aromatic amines is 1. The molecule has 0 radical (unpaired) electrons. The lowest BCUT2D eigenvalue weighted by molar-refractivity contribution is 0.0691. The van der Waals surface area contributed by atoms with Gasteiger partial charge in [0.1, 0.15) is 11.5 Å². The number of aryl methyl sites for hydroxylation is 1. The van der Waals surface area contributed by atoms with Gasteiger partial charge in [0.25, 0.3) is 0 Å². The Morgan fingerprint density at radius 3 is 2.73 bits per heavy atom. The molecule has 1 aromatic carbocycles. The van der Waals surface area contributed by atoms with E-state index in [2.05, 4.69) is 20.9 Å². The molecule has 78 valence electrons. The molecule has 0 spiro atoms. The van der Waals surface area contributed by atoms with Crippen LogP contribution in [0.15, 0.2) is 16.6 Å². The van der Waals surface area contributed by atoms with Gasteiger partial charge in [-0.05, 0) is 40.5 Å². The normalized spacial score (nSPS) is 10.9. The summed E-state index contributed by atoms with van der Waals surface area (Å²) in [6.45, 7) is 1.58. The van der Waals surface area contributed by atoms with Crippen molar-refractivity contribution >= 4 is 32.8 Å². The number of halogens is 2. The third-order valence-corrected chi connectivity index (χ3v) is 2.98. The van der Waals surface area contributed by atoms with Crippen molar-refractivity contribution < 1.29 is 14.3 Å². The van der Waals surface area contributed by atoms with E-state index in [1.807, 2.05) is 0 Å². The molecule has 5 heteroatoms. The molecule has 2 aromatic rings. The fraction of sp³-hybridized carbons (Fsp3) is 0.100. The highest BCUT2D eigenvalue weighted by atomic mass is 79.9. The van der Waals surface area contributed by atoms with E-state index < -0.39 is 11.8 Å². The van der Waals surface area contributed by atoms with Crippen molar-refractivity contribution in [2.45, 2.75) is 6.92 Å². The number of aromatic nitrogens is 1. The van der Waals surface area contributed by atoms with Crippen LogP contribution in [0, 0.1) is 12.7 Å². The molecule has 0 amide bonds. The molecule has 0 aliphatic rings. The van der Waals surface area contributed by atoms with Gasteiger partial charge in [-0.1, -0.05) is 0 Å². The second kappa shape index (κ2) is 3.34. The van der Waals surface area contributed by atoms with Crippen LogP contribution in [0.3, 0.4) is 0 Å². The summed E-state index contributed by atoms with van der Waals surface area (Å²) in [6, 6.07) is 2.85. The first-order chi connectivity index (χ1) is 7.02. The van der Waals surface area contributed by atoms with Crippen molar-refractivity contribution in [2.24, 2.45) is 0 Å². The summed E-state index contributed by atoms with van der Waals surface area (Å²) in [6.07, 6.45) is 0. The molecule has 3 nitrogen and oxygen atoms in total. The minimum atomic E-state index is -1.09. The summed E-state index contributed by atoms with van der Waals surface area (Å²) < 4.78 is 14.1. The Kier molecular flexibility index (Phi) is 2.26. The molecule has 0 saturated carbocycles. The van der Waals surface area contributed by atoms with Gasteiger partial charge in [0.15, 0.2) is 0 Å². The van der Waals surface area contributed by atoms with Crippen LogP contribution in [0.4, 0.5) is 4.39 Å². The second-order valence-corrected chi connectivity index (χ2v) is 4.06. The topological polar surface area (TPSA) is 53.1 Å². The maximum Gasteiger partial charge on any atom is 0.352 e. The summed E-state index contributed by atoms with van der Waals surface area (Å²) in [5.41, 5.74) is 0.914. The minimum absolute atomic E-state index is 0.0239. The largest absolute Gasteiger partial charge is 0.477 e. The lowest BCUT2D eigenvalue weighted by atomic mass is 10.1. The quantitative estimate of drug-likeness (QED) is 0.838. The fourth-order valence-corrected chi connectivity index (χ4v) is 2.03. The van der Waals surface area contributed by atoms with E-state index in [0.29, 0.717) is 20.9 Å². The number of carbonyl (C=O) groups is 1. The predicted octanol–water partition coefficient (Wildman–Crippen LogP) is 3.08. The number of carboxylic acid groups (broad SMARTS) is 1. The van der Waals surface area contributed by atoms with Gasteiger partial charge in [0.2, 0.25) is 0 Å². The van der Waals surface area contributed by atoms with Crippen molar-refractivity contribution in [1.82, 2.24) is 4.98 Å². The van der Waals surface area contributed by atoms with Gasteiger partial charge in [0.05, 0.1) is 5.52 Å². The SMILES string of the molecule is Cc1c(C(=O)O)[nH]c2c(Br)ccc(F)c12. The van der Waals surface area contributed by atoms with E-state index in [9.17, 15) is 9.18 Å². The summed E-state index contributed by atoms with van der Waals surface area (Å²) in [7, 11) is 0. The van der Waals surface area contributed by atoms with Gasteiger partial charge in [-0.3, -0.25) is 0 Å². The Morgan fingerprint density at radius 2 is 2.20 bits per heavy atom. The predicted molar refractivity (Wildman–Crippen MR) is 57.7 cm³/mol. The number of rotatable bonds is 1. The van der Waals surface area contributed by atoms with Crippen LogP contribution in [0.5, 0.6) is 0 Å². The maximum absolute atomic E-state index is 13.5. The summed E-state index contributed by atoms with van der Waals surface area (Å²) in [5, 5.41) is 9.20. The van der Waals surface area contributed by atoms with Crippen LogP contribution in [-0.4, -0.2) is 16.1 Å². The smallest absolute Gasteiger partial charge is 0.352 e. The lowest BCUT2D eigenvalue weighted by Crippen LogP contribution is -1.98. The molecule has 0 unspecified atom stereocenters. The van der Waals surface area contributed by atoms with Crippen LogP contribution in [0.25, 0.3) is 10.9 Å². The zero-order valence-electron chi connectivity index (χ0n) is 7.77. The van der Waals surface area contributed by atoms with Crippen molar-refractivity contribution in [3.63, 3.8) is 0 Å². The number of nitrogens with one attached hydrogen (secondary N) is 1. The van der Waals surface area contributed by atoms with E-state index >= 15 is 0 Å². The van der Waals surface area contributed by atoms with Gasteiger partial charge < -0.3 is 10.1 Å². The molecule has 2 N–H and O–H groups in total. The number of aromatic carboxylic acids is 1. The fourth-order valence-electron chi connectivity index (χ4n) is 1.60. The Labute approximate surface area is 93.0 Å². The molecule has 0 bridgehead atoms. The molecule has 1 aromatic heterocycles. The van der Waals surface area contributed by atoms with E-state index in [-0.39, 0.29) is 5.69 Å². The highest BCUT2D eigenvalue weighted by molar-refractivity contribution is 9.10. The Morgan fingerprint density at radius 1 is 1.53 bits per heavy atom. The number of hydrogen-bond acceptors (Lipinski definition) is 1. The van der Waals surface area contributed by atoms with E-state index in [1.165, 1.54) is 6.07 Å². The second-order valence-electron chi connectivity index (χ2n) is 3.21. The van der Waals surface area contributed by atoms with Crippen LogP contribution in [0.1, 0.15) is 16.1 Å². The molecule has 0 aliphatic carbocycles. The third kappa shape index (κ3) is 1.43. The third-order valence-electron chi connectivity index (χ3n) is 2.32. The van der Waals surface area contributed by atoms with Gasteiger partial charge in [-0.25, -0.2) is 9.18 Å². The zero-order chi connectivity index (χ0) is 11.2. The number of fused-ring (bicyclic) bond motifs is 1. The number of benzene rings is 1. The molecule has 1 heterocycles. The van der Waals surface area contributed by atoms with Crippen molar-refractivity contribution in [2.75, 3.05) is 0 Å². The average molecular weight is 272 g/mol. The van der Waals surface area contributed by atoms with Crippen LogP contribution in [0.2, 0.25) is 0 Å². The van der Waals surface area contributed by atoms with Crippen LogP contribution in [-0.2, 0) is 0 Å². The molecule has 0 aliphatic heterocycles. The molecular formula is C10H7BrFNO2. The molecular weight excluding hydrogens is 265 g/mol. The molecule has 0 atom stereocenters. The molecule has 15 heavy (non-hydrogen) atoms. The van der Waals surface area contributed by atoms with E-state index in [1.54, 1.807) is 13.0 Å². The molecule has 0 fully saturated rings. The van der Waals surface area contributed by atoms with Gasteiger partial charge in [0, 0.05) is 9.86 Å². The first kappa shape index (κ1) is 10.2. The van der Waals surface area contributed by atoms with Gasteiger partial charge >= 0.3 is 5.97 Å². The van der Waals surface area contributed by atoms with Crippen LogP contribution >= 0.6 is 15.9 Å². The standard InChI is InChI=1S/C10H7BrFNO2/c1-4-7-6(12)3-2-5(11)9(7)13-8(4)10(14)15/h2-3,13H,1H3,(H,14,15). The van der Waals surface area contributed by atoms with Crippen molar-refractivity contribution in [1.29, 1.82) is 0 Å². The van der Waals surface area contributed by atoms with E-state index in [0.717, 1.165) is 0 Å². The van der Waals surface area contributed by atoms with Crippen molar-refractivity contribution in [3.05, 3.63) is 33.7 Å². The highest BCUT2D eigenvalue weighted by Crippen LogP contribution is 2.30. The van der Waals surface area contributed by atoms with Gasteiger partial charge in [-0.2, -0.15) is 0 Å². The first-order valence-electron chi connectivity index (χ1n) is 4.22. The van der Waals surface area contributed by atoms with Gasteiger partial charge in [-0.15, -0.1) is 0 Å². The lowest BCUT2D eigenvalue weighted by Gasteiger charge is -1.96. The Hall–Kier alpha value is -1.36. The maximum atomic E-state index is 13.5. The highest BCUT2D eigenvalue weighted by Gasteiger charge is 2.17. The Balaban J connectivity index is 2.93. The summed E-state index contributed by atoms with van der Waals surface area (Å²) in [4.78, 5) is 13.5. The number of carboxylic acids is 1. The molecule has 0 saturated heterocycles. The Bertz CT molecular complexity index is 562. The molecule has 2 rings (SSSR count).